The summed E-state index contributed by atoms with van der Waals surface area (Å²) in [6, 6.07) is 25.2. The highest BCUT2D eigenvalue weighted by Crippen LogP contribution is 2.15. The van der Waals surface area contributed by atoms with Gasteiger partial charge in [0.2, 0.25) is 15.9 Å². The lowest BCUT2D eigenvalue weighted by molar-refractivity contribution is -0.143. The zero-order valence-corrected chi connectivity index (χ0v) is 22.5. The van der Waals surface area contributed by atoms with Gasteiger partial charge in [0.1, 0.15) is 0 Å². The van der Waals surface area contributed by atoms with E-state index in [1.54, 1.807) is 12.1 Å². The van der Waals surface area contributed by atoms with E-state index in [0.717, 1.165) is 18.4 Å². The number of esters is 1. The first-order chi connectivity index (χ1) is 18.3. The van der Waals surface area contributed by atoms with Crippen LogP contribution in [0.2, 0.25) is 0 Å². The molecule has 0 bridgehead atoms. The molecule has 3 rings (SSSR count). The van der Waals surface area contributed by atoms with Crippen LogP contribution in [0.1, 0.15) is 36.8 Å². The third-order valence-corrected chi connectivity index (χ3v) is 7.11. The Morgan fingerprint density at radius 2 is 1.42 bits per heavy atom. The number of sulfonamides is 1. The molecule has 0 aliphatic carbocycles. The van der Waals surface area contributed by atoms with Gasteiger partial charge in [0.25, 0.3) is 0 Å². The number of ether oxygens (including phenoxy) is 1. The number of aryl methyl sites for hydroxylation is 1. The molecule has 0 aliphatic heterocycles. The van der Waals surface area contributed by atoms with Crippen LogP contribution >= 0.6 is 12.2 Å². The molecule has 0 aromatic heterocycles. The lowest BCUT2D eigenvalue weighted by Gasteiger charge is -2.11. The van der Waals surface area contributed by atoms with Crippen molar-refractivity contribution in [2.75, 3.05) is 11.9 Å². The van der Waals surface area contributed by atoms with Crippen molar-refractivity contribution in [3.8, 4) is 0 Å². The standard InChI is InChI=1S/C28H31N3O5S2/c32-26(14-7-15-27(33)36-20-8-13-22-9-3-1-4-10-22)31-28(37)30-24-16-18-25(19-17-24)38(34,35)29-21-23-11-5-2-6-12-23/h1-6,9-12,16-19,29H,7-8,13-15,20-21H2,(H2,30,31,32,37). The Balaban J connectivity index is 1.31. The predicted molar refractivity (Wildman–Crippen MR) is 151 cm³/mol. The zero-order valence-electron chi connectivity index (χ0n) is 20.9. The molecule has 10 heteroatoms. The highest BCUT2D eigenvalue weighted by atomic mass is 32.2. The van der Waals surface area contributed by atoms with Gasteiger partial charge in [0.05, 0.1) is 11.5 Å². The van der Waals surface area contributed by atoms with Gasteiger partial charge in [-0.05, 0) is 66.9 Å². The van der Waals surface area contributed by atoms with Gasteiger partial charge >= 0.3 is 5.97 Å². The van der Waals surface area contributed by atoms with Crippen LogP contribution in [-0.4, -0.2) is 32.0 Å². The lowest BCUT2D eigenvalue weighted by atomic mass is 10.1. The van der Waals surface area contributed by atoms with Crippen molar-refractivity contribution in [3.63, 3.8) is 0 Å². The Hall–Kier alpha value is -3.60. The van der Waals surface area contributed by atoms with Gasteiger partial charge in [0, 0.05) is 25.1 Å². The predicted octanol–water partition coefficient (Wildman–Crippen LogP) is 4.32. The summed E-state index contributed by atoms with van der Waals surface area (Å²) in [5, 5.41) is 5.48. The number of nitrogens with one attached hydrogen (secondary N) is 3. The normalized spacial score (nSPS) is 10.9. The van der Waals surface area contributed by atoms with Gasteiger partial charge in [-0.3, -0.25) is 9.59 Å². The molecule has 0 fully saturated rings. The van der Waals surface area contributed by atoms with Crippen molar-refractivity contribution in [3.05, 3.63) is 96.1 Å². The fraction of sp³-hybridized carbons (Fsp3) is 0.250. The lowest BCUT2D eigenvalue weighted by Crippen LogP contribution is -2.34. The summed E-state index contributed by atoms with van der Waals surface area (Å²) in [6.07, 6.45) is 2.19. The SMILES string of the molecule is O=C(CCCC(=O)OCCCc1ccccc1)NC(=S)Nc1ccc(S(=O)(=O)NCc2ccccc2)cc1. The van der Waals surface area contributed by atoms with Gasteiger partial charge in [-0.1, -0.05) is 60.7 Å². The highest BCUT2D eigenvalue weighted by molar-refractivity contribution is 7.89. The van der Waals surface area contributed by atoms with Gasteiger partial charge < -0.3 is 15.4 Å². The first-order valence-corrected chi connectivity index (χ1v) is 14.1. The van der Waals surface area contributed by atoms with Crippen LogP contribution in [0.25, 0.3) is 0 Å². The second-order valence-electron chi connectivity index (χ2n) is 8.50. The fourth-order valence-corrected chi connectivity index (χ4v) is 4.75. The quantitative estimate of drug-likeness (QED) is 0.164. The van der Waals surface area contributed by atoms with E-state index in [0.29, 0.717) is 18.7 Å². The molecule has 3 N–H and O–H groups in total. The molecule has 0 atom stereocenters. The molecule has 38 heavy (non-hydrogen) atoms. The van der Waals surface area contributed by atoms with Crippen molar-refractivity contribution in [2.45, 2.75) is 43.5 Å². The third kappa shape index (κ3) is 10.4. The highest BCUT2D eigenvalue weighted by Gasteiger charge is 2.14. The molecule has 0 radical (unpaired) electrons. The molecule has 0 heterocycles. The van der Waals surface area contributed by atoms with Crippen molar-refractivity contribution in [1.82, 2.24) is 10.0 Å². The summed E-state index contributed by atoms with van der Waals surface area (Å²) in [4.78, 5) is 24.1. The minimum absolute atomic E-state index is 0.0799. The molecule has 1 amide bonds. The average Bonchev–Trinajstić information content (AvgIpc) is 2.91. The van der Waals surface area contributed by atoms with Crippen LogP contribution in [0, 0.1) is 0 Å². The third-order valence-electron chi connectivity index (χ3n) is 5.48. The Bertz CT molecular complexity index is 1300. The maximum Gasteiger partial charge on any atom is 0.305 e. The van der Waals surface area contributed by atoms with Crippen LogP contribution in [-0.2, 0) is 37.3 Å². The van der Waals surface area contributed by atoms with Crippen molar-refractivity contribution >= 4 is 44.9 Å². The maximum absolute atomic E-state index is 12.5. The van der Waals surface area contributed by atoms with Crippen LogP contribution < -0.4 is 15.4 Å². The fourth-order valence-electron chi connectivity index (χ4n) is 3.50. The summed E-state index contributed by atoms with van der Waals surface area (Å²) in [7, 11) is -3.68. The smallest absolute Gasteiger partial charge is 0.305 e. The number of carbonyl (C=O) groups is 2. The first kappa shape index (κ1) is 29.0. The topological polar surface area (TPSA) is 114 Å². The summed E-state index contributed by atoms with van der Waals surface area (Å²) in [6.45, 7) is 0.530. The van der Waals surface area contributed by atoms with E-state index in [-0.39, 0.29) is 41.3 Å². The molecule has 0 saturated carbocycles. The second kappa shape index (κ2) is 15.0. The molecule has 0 spiro atoms. The number of rotatable bonds is 13. The molecule has 0 aliphatic rings. The number of benzene rings is 3. The van der Waals surface area contributed by atoms with Gasteiger partial charge in [-0.15, -0.1) is 0 Å². The molecular weight excluding hydrogens is 522 g/mol. The van der Waals surface area contributed by atoms with E-state index >= 15 is 0 Å². The minimum atomic E-state index is -3.68. The van der Waals surface area contributed by atoms with Crippen molar-refractivity contribution < 1.29 is 22.7 Å². The van der Waals surface area contributed by atoms with Gasteiger partial charge in [-0.2, -0.15) is 0 Å². The number of thiocarbonyl (C=S) groups is 1. The molecule has 0 unspecified atom stereocenters. The Kier molecular flexibility index (Phi) is 11.4. The first-order valence-electron chi connectivity index (χ1n) is 12.3. The number of anilines is 1. The largest absolute Gasteiger partial charge is 0.466 e. The Morgan fingerprint density at radius 3 is 2.08 bits per heavy atom. The van der Waals surface area contributed by atoms with Gasteiger partial charge in [0.15, 0.2) is 5.11 Å². The number of carbonyl (C=O) groups excluding carboxylic acids is 2. The monoisotopic (exact) mass is 553 g/mol. The van der Waals surface area contributed by atoms with Gasteiger partial charge in [-0.25, -0.2) is 13.1 Å². The minimum Gasteiger partial charge on any atom is -0.466 e. The van der Waals surface area contributed by atoms with E-state index in [4.69, 9.17) is 17.0 Å². The zero-order chi connectivity index (χ0) is 27.2. The molecule has 200 valence electrons. The number of amides is 1. The van der Waals surface area contributed by atoms with E-state index < -0.39 is 10.0 Å². The van der Waals surface area contributed by atoms with E-state index in [2.05, 4.69) is 15.4 Å². The van der Waals surface area contributed by atoms with E-state index in [1.807, 2.05) is 60.7 Å². The second-order valence-corrected chi connectivity index (χ2v) is 10.7. The van der Waals surface area contributed by atoms with Crippen molar-refractivity contribution in [1.29, 1.82) is 0 Å². The van der Waals surface area contributed by atoms with Crippen LogP contribution in [0.5, 0.6) is 0 Å². The Labute approximate surface area is 228 Å². The van der Waals surface area contributed by atoms with E-state index in [9.17, 15) is 18.0 Å². The summed E-state index contributed by atoms with van der Waals surface area (Å²) >= 11 is 5.16. The molecule has 3 aromatic carbocycles. The molecule has 3 aromatic rings. The van der Waals surface area contributed by atoms with Crippen LogP contribution in [0.4, 0.5) is 5.69 Å². The molecule has 8 nitrogen and oxygen atoms in total. The summed E-state index contributed by atoms with van der Waals surface area (Å²) in [5.41, 5.74) is 2.57. The summed E-state index contributed by atoms with van der Waals surface area (Å²) in [5.74, 6) is -0.663. The van der Waals surface area contributed by atoms with Crippen LogP contribution in [0.15, 0.2) is 89.8 Å². The summed E-state index contributed by atoms with van der Waals surface area (Å²) < 4.78 is 32.8. The van der Waals surface area contributed by atoms with Crippen LogP contribution in [0.3, 0.4) is 0 Å². The average molecular weight is 554 g/mol. The number of hydrogen-bond donors (Lipinski definition) is 3. The maximum atomic E-state index is 12.5. The molecular formula is C28H31N3O5S2. The Morgan fingerprint density at radius 1 is 0.789 bits per heavy atom. The number of hydrogen-bond acceptors (Lipinski definition) is 6. The molecule has 0 saturated heterocycles. The van der Waals surface area contributed by atoms with Crippen molar-refractivity contribution in [2.24, 2.45) is 0 Å². The van der Waals surface area contributed by atoms with E-state index in [1.165, 1.54) is 17.7 Å².